The van der Waals surface area contributed by atoms with Crippen molar-refractivity contribution in [2.75, 3.05) is 24.5 Å². The quantitative estimate of drug-likeness (QED) is 0.842. The lowest BCUT2D eigenvalue weighted by molar-refractivity contribution is -0.00575. The molecule has 0 spiro atoms. The molecule has 5 heteroatoms. The summed E-state index contributed by atoms with van der Waals surface area (Å²) in [5.41, 5.74) is 1.17. The topological polar surface area (TPSA) is 41.5 Å². The highest BCUT2D eigenvalue weighted by molar-refractivity contribution is 5.31. The van der Waals surface area contributed by atoms with Crippen molar-refractivity contribution in [3.8, 4) is 0 Å². The molecule has 1 saturated carbocycles. The van der Waals surface area contributed by atoms with Gasteiger partial charge in [-0.3, -0.25) is 4.90 Å². The van der Waals surface area contributed by atoms with Crippen LogP contribution in [-0.2, 0) is 11.3 Å². The van der Waals surface area contributed by atoms with Gasteiger partial charge in [0.05, 0.1) is 17.9 Å². The molecule has 1 aliphatic carbocycles. The minimum absolute atomic E-state index is 0.237. The second kappa shape index (κ2) is 7.58. The average molecular weight is 345 g/mol. The zero-order valence-corrected chi connectivity index (χ0v) is 15.7. The molecule has 0 aromatic carbocycles. The van der Waals surface area contributed by atoms with Gasteiger partial charge in [-0.2, -0.15) is 0 Å². The van der Waals surface area contributed by atoms with Crippen molar-refractivity contribution in [3.05, 3.63) is 18.0 Å². The van der Waals surface area contributed by atoms with Gasteiger partial charge in [-0.05, 0) is 58.1 Å². The summed E-state index contributed by atoms with van der Waals surface area (Å²) < 4.78 is 5.84. The summed E-state index contributed by atoms with van der Waals surface area (Å²) in [6, 6.07) is 2.88. The third kappa shape index (κ3) is 3.98. The molecule has 2 saturated heterocycles. The fourth-order valence-corrected chi connectivity index (χ4v) is 5.10. The first kappa shape index (κ1) is 17.2. The molecule has 0 amide bonds. The normalized spacial score (nSPS) is 33.9. The van der Waals surface area contributed by atoms with Gasteiger partial charge in [-0.1, -0.05) is 12.8 Å². The van der Waals surface area contributed by atoms with Gasteiger partial charge in [-0.15, -0.1) is 0 Å². The van der Waals surface area contributed by atoms with Crippen LogP contribution < -0.4 is 4.90 Å². The van der Waals surface area contributed by atoms with E-state index in [1.54, 1.807) is 0 Å². The van der Waals surface area contributed by atoms with E-state index in [2.05, 4.69) is 34.7 Å². The lowest BCUT2D eigenvalue weighted by atomic mass is 9.78. The second-order valence-corrected chi connectivity index (χ2v) is 8.23. The standard InChI is InChI=1S/C20H32N4O/c1-15-12-24(13-16(2)25-15)20-21-10-9-18(22-20)14-23-11-5-7-17-6-3-4-8-19(17)23/h9-10,15-17,19H,3-8,11-14H2,1-2H3. The summed E-state index contributed by atoms with van der Waals surface area (Å²) in [5, 5.41) is 0. The van der Waals surface area contributed by atoms with Crippen LogP contribution in [0, 0.1) is 5.92 Å². The van der Waals surface area contributed by atoms with E-state index in [0.717, 1.165) is 37.5 Å². The fourth-order valence-electron chi connectivity index (χ4n) is 5.10. The molecule has 0 bridgehead atoms. The molecule has 1 aromatic heterocycles. The first-order valence-corrected chi connectivity index (χ1v) is 10.2. The lowest BCUT2D eigenvalue weighted by Crippen LogP contribution is -2.47. The third-order valence-electron chi connectivity index (χ3n) is 6.13. The Labute approximate surface area is 151 Å². The molecule has 0 radical (unpaired) electrons. The Morgan fingerprint density at radius 2 is 1.84 bits per heavy atom. The first-order chi connectivity index (χ1) is 12.2. The number of nitrogens with zero attached hydrogens (tertiary/aromatic N) is 4. The smallest absolute Gasteiger partial charge is 0.225 e. The minimum atomic E-state index is 0.237. The third-order valence-corrected chi connectivity index (χ3v) is 6.13. The Morgan fingerprint density at radius 1 is 1.08 bits per heavy atom. The molecule has 3 fully saturated rings. The van der Waals surface area contributed by atoms with Crippen molar-refractivity contribution in [2.24, 2.45) is 5.92 Å². The summed E-state index contributed by atoms with van der Waals surface area (Å²) in [6.07, 6.45) is 10.8. The predicted molar refractivity (Wildman–Crippen MR) is 99.6 cm³/mol. The number of ether oxygens (including phenoxy) is 1. The Hall–Kier alpha value is -1.20. The van der Waals surface area contributed by atoms with E-state index in [-0.39, 0.29) is 12.2 Å². The number of hydrogen-bond acceptors (Lipinski definition) is 5. The summed E-state index contributed by atoms with van der Waals surface area (Å²) in [6.45, 7) is 8.22. The minimum Gasteiger partial charge on any atom is -0.372 e. The highest BCUT2D eigenvalue weighted by atomic mass is 16.5. The van der Waals surface area contributed by atoms with Crippen LogP contribution in [0.25, 0.3) is 0 Å². The zero-order valence-electron chi connectivity index (χ0n) is 15.7. The number of rotatable bonds is 3. The molecular formula is C20H32N4O. The number of fused-ring (bicyclic) bond motifs is 1. The van der Waals surface area contributed by atoms with Crippen molar-refractivity contribution in [1.29, 1.82) is 0 Å². The van der Waals surface area contributed by atoms with E-state index in [4.69, 9.17) is 9.72 Å². The van der Waals surface area contributed by atoms with Gasteiger partial charge in [0.1, 0.15) is 0 Å². The van der Waals surface area contributed by atoms with Crippen molar-refractivity contribution in [1.82, 2.24) is 14.9 Å². The van der Waals surface area contributed by atoms with Crippen LogP contribution in [0.15, 0.2) is 12.3 Å². The van der Waals surface area contributed by atoms with Gasteiger partial charge in [0, 0.05) is 31.9 Å². The molecule has 1 aromatic rings. The summed E-state index contributed by atoms with van der Waals surface area (Å²) >= 11 is 0. The molecule has 4 atom stereocenters. The van der Waals surface area contributed by atoms with Crippen molar-refractivity contribution < 1.29 is 4.74 Å². The Kier molecular flexibility index (Phi) is 5.23. The number of morpholine rings is 1. The van der Waals surface area contributed by atoms with Crippen LogP contribution >= 0.6 is 0 Å². The van der Waals surface area contributed by atoms with E-state index < -0.39 is 0 Å². The van der Waals surface area contributed by atoms with Crippen LogP contribution in [0.2, 0.25) is 0 Å². The van der Waals surface area contributed by atoms with Crippen molar-refractivity contribution >= 4 is 5.95 Å². The van der Waals surface area contributed by atoms with E-state index >= 15 is 0 Å². The summed E-state index contributed by atoms with van der Waals surface area (Å²) in [4.78, 5) is 14.4. The zero-order chi connectivity index (χ0) is 17.2. The van der Waals surface area contributed by atoms with Gasteiger partial charge < -0.3 is 9.64 Å². The molecule has 3 aliphatic rings. The van der Waals surface area contributed by atoms with Gasteiger partial charge in [-0.25, -0.2) is 9.97 Å². The number of piperidine rings is 1. The van der Waals surface area contributed by atoms with Crippen LogP contribution in [0.3, 0.4) is 0 Å². The summed E-state index contributed by atoms with van der Waals surface area (Å²) in [5.74, 6) is 1.79. The van der Waals surface area contributed by atoms with Gasteiger partial charge in [0.2, 0.25) is 5.95 Å². The molecule has 4 unspecified atom stereocenters. The number of anilines is 1. The molecule has 25 heavy (non-hydrogen) atoms. The Bertz CT molecular complexity index is 569. The maximum Gasteiger partial charge on any atom is 0.225 e. The van der Waals surface area contributed by atoms with Crippen LogP contribution in [0.1, 0.15) is 58.1 Å². The highest BCUT2D eigenvalue weighted by Crippen LogP contribution is 2.35. The maximum atomic E-state index is 5.84. The Morgan fingerprint density at radius 3 is 2.68 bits per heavy atom. The van der Waals surface area contributed by atoms with Crippen LogP contribution in [0.4, 0.5) is 5.95 Å². The van der Waals surface area contributed by atoms with Gasteiger partial charge in [0.25, 0.3) is 0 Å². The molecule has 4 rings (SSSR count). The molecule has 0 N–H and O–H groups in total. The van der Waals surface area contributed by atoms with E-state index in [1.165, 1.54) is 50.8 Å². The highest BCUT2D eigenvalue weighted by Gasteiger charge is 2.33. The molecule has 2 aliphatic heterocycles. The van der Waals surface area contributed by atoms with E-state index in [0.29, 0.717) is 0 Å². The van der Waals surface area contributed by atoms with Crippen molar-refractivity contribution in [2.45, 2.75) is 77.2 Å². The van der Waals surface area contributed by atoms with E-state index in [9.17, 15) is 0 Å². The first-order valence-electron chi connectivity index (χ1n) is 10.2. The molecule has 3 heterocycles. The molecule has 138 valence electrons. The van der Waals surface area contributed by atoms with Gasteiger partial charge >= 0.3 is 0 Å². The average Bonchev–Trinajstić information content (AvgIpc) is 2.61. The maximum absolute atomic E-state index is 5.84. The van der Waals surface area contributed by atoms with Crippen molar-refractivity contribution in [3.63, 3.8) is 0 Å². The van der Waals surface area contributed by atoms with Gasteiger partial charge in [0.15, 0.2) is 0 Å². The summed E-state index contributed by atoms with van der Waals surface area (Å²) in [7, 11) is 0. The van der Waals surface area contributed by atoms with E-state index in [1.807, 2.05) is 6.20 Å². The SMILES string of the molecule is CC1CN(c2nccc(CN3CCCC4CCCCC43)n2)CC(C)O1. The Balaban J connectivity index is 1.46. The fraction of sp³-hybridized carbons (Fsp3) is 0.800. The second-order valence-electron chi connectivity index (χ2n) is 8.23. The lowest BCUT2D eigenvalue weighted by Gasteiger charge is -2.44. The largest absolute Gasteiger partial charge is 0.372 e. The molecular weight excluding hydrogens is 312 g/mol. The number of aromatic nitrogens is 2. The van der Waals surface area contributed by atoms with Crippen LogP contribution in [-0.4, -0.2) is 52.8 Å². The number of likely N-dealkylation sites (tertiary alicyclic amines) is 1. The van der Waals surface area contributed by atoms with Crippen LogP contribution in [0.5, 0.6) is 0 Å². The monoisotopic (exact) mass is 344 g/mol. The number of hydrogen-bond donors (Lipinski definition) is 0. The predicted octanol–water partition coefficient (Wildman–Crippen LogP) is 3.24. The molecule has 5 nitrogen and oxygen atoms in total.